The molecule has 2 aromatic rings. The Hall–Kier alpha value is -2.06. The van der Waals surface area contributed by atoms with Crippen molar-refractivity contribution in [3.63, 3.8) is 0 Å². The van der Waals surface area contributed by atoms with Crippen LogP contribution < -0.4 is 16.0 Å². The van der Waals surface area contributed by atoms with Gasteiger partial charge >= 0.3 is 0 Å². The van der Waals surface area contributed by atoms with Crippen LogP contribution in [0.5, 0.6) is 5.75 Å². The average molecular weight is 655 g/mol. The SMILES string of the molecule is CCCCCCCCSc1nc(NCC(C)(C)c2cc(C(C)(C)C)c(O)c(C(C)(C)C)c2)nc(NC2CC(C)(C)NC(C)(C)C2)n1. The molecule has 0 aliphatic carbocycles. The van der Waals surface area contributed by atoms with Crippen molar-refractivity contribution in [3.05, 3.63) is 28.8 Å². The molecule has 0 atom stereocenters. The zero-order valence-electron chi connectivity index (χ0n) is 31.5. The molecule has 0 saturated carbocycles. The van der Waals surface area contributed by atoms with Crippen molar-refractivity contribution in [2.24, 2.45) is 0 Å². The van der Waals surface area contributed by atoms with Crippen LogP contribution in [0.1, 0.15) is 158 Å². The first-order valence-electron chi connectivity index (χ1n) is 17.7. The summed E-state index contributed by atoms with van der Waals surface area (Å²) in [5.41, 5.74) is 2.59. The molecule has 0 spiro atoms. The van der Waals surface area contributed by atoms with E-state index in [-0.39, 0.29) is 33.4 Å². The molecule has 1 saturated heterocycles. The van der Waals surface area contributed by atoms with Gasteiger partial charge in [0.1, 0.15) is 5.75 Å². The summed E-state index contributed by atoms with van der Waals surface area (Å²) < 4.78 is 0. The highest BCUT2D eigenvalue weighted by atomic mass is 32.2. The number of thioether (sulfide) groups is 1. The lowest BCUT2D eigenvalue weighted by Crippen LogP contribution is -2.60. The smallest absolute Gasteiger partial charge is 0.228 e. The summed E-state index contributed by atoms with van der Waals surface area (Å²) >= 11 is 1.73. The lowest BCUT2D eigenvalue weighted by molar-refractivity contribution is 0.170. The van der Waals surface area contributed by atoms with Crippen molar-refractivity contribution in [3.8, 4) is 5.75 Å². The Balaban J connectivity index is 1.86. The second-order valence-electron chi connectivity index (χ2n) is 17.7. The van der Waals surface area contributed by atoms with Crippen LogP contribution in [-0.2, 0) is 16.2 Å². The third-order valence-electron chi connectivity index (χ3n) is 9.06. The van der Waals surface area contributed by atoms with E-state index in [0.717, 1.165) is 34.9 Å². The monoisotopic (exact) mass is 655 g/mol. The number of rotatable bonds is 14. The first kappa shape index (κ1) is 38.4. The molecule has 0 bridgehead atoms. The lowest BCUT2D eigenvalue weighted by atomic mass is 9.74. The number of piperidine rings is 1. The molecule has 1 aromatic carbocycles. The third-order valence-corrected chi connectivity index (χ3v) is 10.00. The van der Waals surface area contributed by atoms with Gasteiger partial charge in [-0.2, -0.15) is 15.0 Å². The van der Waals surface area contributed by atoms with E-state index < -0.39 is 0 Å². The van der Waals surface area contributed by atoms with Gasteiger partial charge in [-0.1, -0.05) is 118 Å². The number of hydrogen-bond acceptors (Lipinski definition) is 8. The van der Waals surface area contributed by atoms with E-state index in [1.54, 1.807) is 11.8 Å². The summed E-state index contributed by atoms with van der Waals surface area (Å²) in [6.07, 6.45) is 9.62. The Morgan fingerprint density at radius 2 is 1.33 bits per heavy atom. The van der Waals surface area contributed by atoms with Crippen LogP contribution >= 0.6 is 11.8 Å². The molecule has 4 N–H and O–H groups in total. The van der Waals surface area contributed by atoms with Crippen LogP contribution in [0, 0.1) is 0 Å². The van der Waals surface area contributed by atoms with E-state index in [1.807, 2.05) is 0 Å². The van der Waals surface area contributed by atoms with Gasteiger partial charge in [-0.3, -0.25) is 0 Å². The van der Waals surface area contributed by atoms with Gasteiger partial charge in [0.25, 0.3) is 0 Å². The van der Waals surface area contributed by atoms with E-state index in [9.17, 15) is 5.11 Å². The Morgan fingerprint density at radius 1 is 0.804 bits per heavy atom. The van der Waals surface area contributed by atoms with Gasteiger partial charge in [-0.15, -0.1) is 0 Å². The average Bonchev–Trinajstić information content (AvgIpc) is 2.88. The second kappa shape index (κ2) is 15.0. The summed E-state index contributed by atoms with van der Waals surface area (Å²) in [5, 5.41) is 23.2. The number of hydrogen-bond donors (Lipinski definition) is 4. The summed E-state index contributed by atoms with van der Waals surface area (Å²) in [6.45, 7) is 29.5. The number of nitrogens with one attached hydrogen (secondary N) is 3. The predicted octanol–water partition coefficient (Wildman–Crippen LogP) is 9.74. The molecule has 3 rings (SSSR count). The number of phenolic OH excluding ortho intramolecular Hbond substituents is 1. The summed E-state index contributed by atoms with van der Waals surface area (Å²) in [7, 11) is 0. The third kappa shape index (κ3) is 11.3. The fraction of sp³-hybridized carbons (Fsp3) is 0.763. The van der Waals surface area contributed by atoms with Crippen molar-refractivity contribution >= 4 is 23.7 Å². The number of phenols is 1. The van der Waals surface area contributed by atoms with E-state index >= 15 is 0 Å². The zero-order valence-corrected chi connectivity index (χ0v) is 32.3. The predicted molar refractivity (Wildman–Crippen MR) is 199 cm³/mol. The number of anilines is 2. The largest absolute Gasteiger partial charge is 0.507 e. The number of nitrogens with zero attached hydrogens (tertiary/aromatic N) is 3. The number of aromatic nitrogens is 3. The maximum absolute atomic E-state index is 11.3. The second-order valence-corrected chi connectivity index (χ2v) is 18.7. The Morgan fingerprint density at radius 3 is 1.87 bits per heavy atom. The lowest BCUT2D eigenvalue weighted by Gasteiger charge is -2.46. The van der Waals surface area contributed by atoms with Crippen molar-refractivity contribution < 1.29 is 5.11 Å². The van der Waals surface area contributed by atoms with Gasteiger partial charge < -0.3 is 21.1 Å². The number of unbranched alkanes of at least 4 members (excludes halogenated alkanes) is 5. The fourth-order valence-corrected chi connectivity index (χ4v) is 7.62. The molecule has 46 heavy (non-hydrogen) atoms. The fourth-order valence-electron chi connectivity index (χ4n) is 6.79. The first-order chi connectivity index (χ1) is 21.1. The van der Waals surface area contributed by atoms with Crippen molar-refractivity contribution in [1.29, 1.82) is 0 Å². The first-order valence-corrected chi connectivity index (χ1v) is 18.7. The quantitative estimate of drug-likeness (QED) is 0.118. The molecular formula is C38H66N6OS. The molecular weight excluding hydrogens is 589 g/mol. The normalized spacial score (nSPS) is 17.2. The van der Waals surface area contributed by atoms with Crippen molar-refractivity contribution in [1.82, 2.24) is 20.3 Å². The van der Waals surface area contributed by atoms with Crippen molar-refractivity contribution in [2.75, 3.05) is 22.9 Å². The summed E-state index contributed by atoms with van der Waals surface area (Å²) in [4.78, 5) is 14.7. The molecule has 2 heterocycles. The van der Waals surface area contributed by atoms with Gasteiger partial charge in [0.05, 0.1) is 0 Å². The maximum Gasteiger partial charge on any atom is 0.228 e. The summed E-state index contributed by atoms with van der Waals surface area (Å²) in [6, 6.07) is 4.64. The van der Waals surface area contributed by atoms with Crippen LogP contribution in [0.2, 0.25) is 0 Å². The molecule has 0 radical (unpaired) electrons. The van der Waals surface area contributed by atoms with Gasteiger partial charge in [0.2, 0.25) is 11.9 Å². The van der Waals surface area contributed by atoms with Gasteiger partial charge in [0.15, 0.2) is 5.16 Å². The molecule has 0 unspecified atom stereocenters. The Kier molecular flexibility index (Phi) is 12.5. The maximum atomic E-state index is 11.3. The Labute approximate surface area is 285 Å². The molecule has 1 fully saturated rings. The highest BCUT2D eigenvalue weighted by Crippen LogP contribution is 2.42. The molecule has 0 amide bonds. The molecule has 1 aliphatic heterocycles. The van der Waals surface area contributed by atoms with E-state index in [2.05, 4.69) is 118 Å². The van der Waals surface area contributed by atoms with Crippen molar-refractivity contribution in [2.45, 2.75) is 180 Å². The van der Waals surface area contributed by atoms with Crippen LogP contribution in [0.15, 0.2) is 17.3 Å². The highest BCUT2D eigenvalue weighted by Gasteiger charge is 2.38. The zero-order chi connectivity index (χ0) is 34.6. The van der Waals surface area contributed by atoms with E-state index in [1.165, 1.54) is 44.1 Å². The van der Waals surface area contributed by atoms with Crippen LogP contribution in [0.3, 0.4) is 0 Å². The minimum absolute atomic E-state index is 0.0227. The molecule has 7 nitrogen and oxygen atoms in total. The van der Waals surface area contributed by atoms with Gasteiger partial charge in [0, 0.05) is 34.8 Å². The highest BCUT2D eigenvalue weighted by molar-refractivity contribution is 7.99. The molecule has 1 aromatic heterocycles. The topological polar surface area (TPSA) is 95.0 Å². The molecule has 8 heteroatoms. The number of aromatic hydroxyl groups is 1. The van der Waals surface area contributed by atoms with E-state index in [0.29, 0.717) is 24.2 Å². The van der Waals surface area contributed by atoms with E-state index in [4.69, 9.17) is 15.0 Å². The Bertz CT molecular complexity index is 1240. The minimum Gasteiger partial charge on any atom is -0.507 e. The number of benzene rings is 1. The van der Waals surface area contributed by atoms with Gasteiger partial charge in [-0.25, -0.2) is 0 Å². The van der Waals surface area contributed by atoms with Crippen LogP contribution in [-0.4, -0.2) is 49.5 Å². The molecule has 260 valence electrons. The minimum atomic E-state index is -0.247. The standard InChI is InChI=1S/C38H66N6OS/c1-14-15-16-17-18-19-20-46-33-42-31(41-32(43-33)40-27-23-37(10,11)44-38(12,13)24-27)39-25-36(8,9)26-21-28(34(2,3)4)30(45)29(22-26)35(5,6)7/h21-22,27,44-45H,14-20,23-25H2,1-13H3,(H2,39,40,41,42,43). The van der Waals surface area contributed by atoms with Crippen LogP contribution in [0.25, 0.3) is 0 Å². The summed E-state index contributed by atoms with van der Waals surface area (Å²) in [5.74, 6) is 2.67. The van der Waals surface area contributed by atoms with Gasteiger partial charge in [-0.05, 0) is 74.5 Å². The molecule has 1 aliphatic rings. The van der Waals surface area contributed by atoms with Crippen LogP contribution in [0.4, 0.5) is 11.9 Å².